The fourth-order valence-corrected chi connectivity index (χ4v) is 1.89. The summed E-state index contributed by atoms with van der Waals surface area (Å²) < 4.78 is 5.30. The van der Waals surface area contributed by atoms with Crippen molar-refractivity contribution in [3.05, 3.63) is 0 Å². The van der Waals surface area contributed by atoms with Gasteiger partial charge in [0.1, 0.15) is 0 Å². The van der Waals surface area contributed by atoms with Gasteiger partial charge in [-0.25, -0.2) is 0 Å². The van der Waals surface area contributed by atoms with Gasteiger partial charge in [-0.15, -0.1) is 0 Å². The summed E-state index contributed by atoms with van der Waals surface area (Å²) in [6.07, 6.45) is 1.32. The Morgan fingerprint density at radius 1 is 1.25 bits per heavy atom. The molecule has 2 saturated heterocycles. The minimum absolute atomic E-state index is 0. The highest BCUT2D eigenvalue weighted by Gasteiger charge is 2.23. The van der Waals surface area contributed by atoms with E-state index in [9.17, 15) is 0 Å². The standard InChI is InChI=1S/C8H16N2O.H3N/c1-2-9-7-8(1)10-3-5-11-6-4-10;/h8-9H,1-7H2;1H3. The molecule has 4 nitrogen and oxygen atoms in total. The third kappa shape index (κ3) is 2.17. The van der Waals surface area contributed by atoms with Crippen LogP contribution in [0.4, 0.5) is 0 Å². The van der Waals surface area contributed by atoms with Crippen LogP contribution < -0.4 is 11.5 Å². The first kappa shape index (κ1) is 9.92. The highest BCUT2D eigenvalue weighted by atomic mass is 16.5. The van der Waals surface area contributed by atoms with Crippen LogP contribution in [-0.2, 0) is 4.74 Å². The second-order valence-corrected chi connectivity index (χ2v) is 3.29. The highest BCUT2D eigenvalue weighted by Crippen LogP contribution is 2.09. The quantitative estimate of drug-likeness (QED) is 0.578. The first-order valence-electron chi connectivity index (χ1n) is 4.49. The molecule has 2 heterocycles. The van der Waals surface area contributed by atoms with E-state index >= 15 is 0 Å². The summed E-state index contributed by atoms with van der Waals surface area (Å²) in [7, 11) is 0. The molecule has 2 aliphatic rings. The van der Waals surface area contributed by atoms with Gasteiger partial charge in [-0.05, 0) is 13.0 Å². The molecule has 0 amide bonds. The Kier molecular flexibility index (Phi) is 3.94. The first-order valence-corrected chi connectivity index (χ1v) is 4.49. The lowest BCUT2D eigenvalue weighted by Gasteiger charge is -2.31. The van der Waals surface area contributed by atoms with Crippen molar-refractivity contribution in [2.75, 3.05) is 39.4 Å². The van der Waals surface area contributed by atoms with E-state index < -0.39 is 0 Å². The molecule has 0 spiro atoms. The predicted octanol–water partition coefficient (Wildman–Crippen LogP) is -0.157. The summed E-state index contributed by atoms with van der Waals surface area (Å²) in [6.45, 7) is 6.49. The van der Waals surface area contributed by atoms with E-state index in [4.69, 9.17) is 4.74 Å². The number of rotatable bonds is 1. The summed E-state index contributed by atoms with van der Waals surface area (Å²) in [5.74, 6) is 0. The molecule has 72 valence electrons. The Balaban J connectivity index is 0.000000720. The first-order chi connectivity index (χ1) is 5.47. The van der Waals surface area contributed by atoms with Gasteiger partial charge in [-0.3, -0.25) is 4.90 Å². The number of hydrogen-bond acceptors (Lipinski definition) is 4. The van der Waals surface area contributed by atoms with Crippen molar-refractivity contribution in [3.63, 3.8) is 0 Å². The minimum Gasteiger partial charge on any atom is -0.379 e. The van der Waals surface area contributed by atoms with Crippen molar-refractivity contribution in [1.29, 1.82) is 0 Å². The van der Waals surface area contributed by atoms with Gasteiger partial charge in [0.15, 0.2) is 0 Å². The molecule has 0 bridgehead atoms. The molecule has 0 aromatic carbocycles. The molecule has 2 rings (SSSR count). The van der Waals surface area contributed by atoms with Crippen LogP contribution in [0, 0.1) is 0 Å². The van der Waals surface area contributed by atoms with E-state index in [1.54, 1.807) is 0 Å². The van der Waals surface area contributed by atoms with Gasteiger partial charge in [0.2, 0.25) is 0 Å². The smallest absolute Gasteiger partial charge is 0.0594 e. The van der Waals surface area contributed by atoms with Crippen LogP contribution in [0.5, 0.6) is 0 Å². The fraction of sp³-hybridized carbons (Fsp3) is 1.00. The number of nitrogens with zero attached hydrogens (tertiary/aromatic N) is 1. The third-order valence-electron chi connectivity index (χ3n) is 2.60. The van der Waals surface area contributed by atoms with Crippen LogP contribution in [0.1, 0.15) is 6.42 Å². The van der Waals surface area contributed by atoms with E-state index in [1.807, 2.05) is 0 Å². The summed E-state index contributed by atoms with van der Waals surface area (Å²) >= 11 is 0. The average molecular weight is 173 g/mol. The Morgan fingerprint density at radius 3 is 2.58 bits per heavy atom. The van der Waals surface area contributed by atoms with Crippen molar-refractivity contribution < 1.29 is 4.74 Å². The van der Waals surface area contributed by atoms with Crippen molar-refractivity contribution in [2.24, 2.45) is 0 Å². The van der Waals surface area contributed by atoms with E-state index in [1.165, 1.54) is 19.5 Å². The fourth-order valence-electron chi connectivity index (χ4n) is 1.89. The van der Waals surface area contributed by atoms with Crippen LogP contribution in [0.3, 0.4) is 0 Å². The maximum Gasteiger partial charge on any atom is 0.0594 e. The molecule has 0 saturated carbocycles. The lowest BCUT2D eigenvalue weighted by molar-refractivity contribution is 0.0206. The Morgan fingerprint density at radius 2 is 2.00 bits per heavy atom. The van der Waals surface area contributed by atoms with Crippen molar-refractivity contribution in [3.8, 4) is 0 Å². The van der Waals surface area contributed by atoms with Gasteiger partial charge >= 0.3 is 0 Å². The Labute approximate surface area is 73.8 Å². The molecular formula is C8H19N3O. The molecule has 0 aromatic rings. The van der Waals surface area contributed by atoms with Crippen LogP contribution in [-0.4, -0.2) is 50.3 Å². The monoisotopic (exact) mass is 173 g/mol. The summed E-state index contributed by atoms with van der Waals surface area (Å²) in [5, 5.41) is 3.39. The Hall–Kier alpha value is -0.160. The van der Waals surface area contributed by atoms with Crippen LogP contribution in [0.25, 0.3) is 0 Å². The van der Waals surface area contributed by atoms with Gasteiger partial charge in [-0.2, -0.15) is 0 Å². The topological polar surface area (TPSA) is 59.5 Å². The van der Waals surface area contributed by atoms with Gasteiger partial charge in [0.05, 0.1) is 13.2 Å². The Bertz CT molecular complexity index is 119. The highest BCUT2D eigenvalue weighted by molar-refractivity contribution is 4.81. The largest absolute Gasteiger partial charge is 0.379 e. The molecule has 2 aliphatic heterocycles. The molecule has 2 fully saturated rings. The average Bonchev–Trinajstić information content (AvgIpc) is 2.58. The van der Waals surface area contributed by atoms with Gasteiger partial charge in [-0.1, -0.05) is 0 Å². The molecule has 4 heteroatoms. The lowest BCUT2D eigenvalue weighted by Crippen LogP contribution is -2.44. The summed E-state index contributed by atoms with van der Waals surface area (Å²) in [5.41, 5.74) is 0. The molecular weight excluding hydrogens is 154 g/mol. The van der Waals surface area contributed by atoms with Crippen molar-refractivity contribution in [1.82, 2.24) is 16.4 Å². The van der Waals surface area contributed by atoms with Gasteiger partial charge in [0.25, 0.3) is 0 Å². The zero-order valence-corrected chi connectivity index (χ0v) is 7.59. The second kappa shape index (κ2) is 4.77. The van der Waals surface area contributed by atoms with Crippen molar-refractivity contribution >= 4 is 0 Å². The molecule has 12 heavy (non-hydrogen) atoms. The molecule has 1 unspecified atom stereocenters. The third-order valence-corrected chi connectivity index (χ3v) is 2.60. The molecule has 0 aliphatic carbocycles. The SMILES string of the molecule is C1CC(N2CCOCC2)CN1.N. The predicted molar refractivity (Wildman–Crippen MR) is 48.7 cm³/mol. The van der Waals surface area contributed by atoms with E-state index in [2.05, 4.69) is 10.2 Å². The second-order valence-electron chi connectivity index (χ2n) is 3.29. The normalized spacial score (nSPS) is 31.5. The van der Waals surface area contributed by atoms with E-state index in [-0.39, 0.29) is 6.15 Å². The molecule has 0 radical (unpaired) electrons. The number of morpholine rings is 1. The maximum absolute atomic E-state index is 5.30. The van der Waals surface area contributed by atoms with Crippen LogP contribution in [0.15, 0.2) is 0 Å². The van der Waals surface area contributed by atoms with Crippen LogP contribution in [0.2, 0.25) is 0 Å². The minimum atomic E-state index is 0. The number of nitrogens with one attached hydrogen (secondary N) is 1. The van der Waals surface area contributed by atoms with Gasteiger partial charge in [0, 0.05) is 25.7 Å². The number of ether oxygens (including phenoxy) is 1. The van der Waals surface area contributed by atoms with E-state index in [0.717, 1.165) is 32.3 Å². The molecule has 0 aromatic heterocycles. The molecule has 1 atom stereocenters. The van der Waals surface area contributed by atoms with Gasteiger partial charge < -0.3 is 16.2 Å². The maximum atomic E-state index is 5.30. The zero-order chi connectivity index (χ0) is 7.52. The lowest BCUT2D eigenvalue weighted by atomic mass is 10.2. The number of hydrogen-bond donors (Lipinski definition) is 2. The zero-order valence-electron chi connectivity index (χ0n) is 7.59. The summed E-state index contributed by atoms with van der Waals surface area (Å²) in [6, 6.07) is 0.791. The molecule has 4 N–H and O–H groups in total. The van der Waals surface area contributed by atoms with Crippen molar-refractivity contribution in [2.45, 2.75) is 12.5 Å². The van der Waals surface area contributed by atoms with Crippen LogP contribution >= 0.6 is 0 Å². The van der Waals surface area contributed by atoms with E-state index in [0.29, 0.717) is 0 Å². The summed E-state index contributed by atoms with van der Waals surface area (Å²) in [4.78, 5) is 2.55.